The molecule has 0 aliphatic rings. The third kappa shape index (κ3) is 2.75. The fraction of sp³-hybridized carbons (Fsp3) is 0.0833. The lowest BCUT2D eigenvalue weighted by Gasteiger charge is -2.06. The second-order valence-corrected chi connectivity index (χ2v) is 4.11. The number of carbonyl (C=O) groups excluding carboxylic acids is 1. The Bertz CT molecular complexity index is 600. The smallest absolute Gasteiger partial charge is 0.275 e. The predicted molar refractivity (Wildman–Crippen MR) is 70.6 cm³/mol. The molecule has 5 nitrogen and oxygen atoms in total. The quantitative estimate of drug-likeness (QED) is 0.870. The molecule has 2 aromatic rings. The van der Waals surface area contributed by atoms with Crippen LogP contribution in [0, 0.1) is 6.92 Å². The number of aromatic nitrogens is 2. The van der Waals surface area contributed by atoms with Crippen molar-refractivity contribution in [3.63, 3.8) is 0 Å². The predicted octanol–water partition coefficient (Wildman–Crippen LogP) is 2.27. The van der Waals surface area contributed by atoms with Crippen LogP contribution in [0.15, 0.2) is 30.5 Å². The molecule has 0 aliphatic carbocycles. The minimum Gasteiger partial charge on any atom is -0.384 e. The number of rotatable bonds is 2. The molecule has 2 rings (SSSR count). The van der Waals surface area contributed by atoms with Gasteiger partial charge in [0.1, 0.15) is 11.5 Å². The summed E-state index contributed by atoms with van der Waals surface area (Å²) in [4.78, 5) is 19.9. The van der Waals surface area contributed by atoms with Crippen LogP contribution >= 0.6 is 11.6 Å². The zero-order valence-electron chi connectivity index (χ0n) is 9.64. The Morgan fingerprint density at radius 1 is 1.39 bits per heavy atom. The largest absolute Gasteiger partial charge is 0.384 e. The third-order valence-corrected chi connectivity index (χ3v) is 2.54. The second kappa shape index (κ2) is 5.01. The van der Waals surface area contributed by atoms with E-state index >= 15 is 0 Å². The van der Waals surface area contributed by atoms with Crippen LogP contribution in [0.3, 0.4) is 0 Å². The van der Waals surface area contributed by atoms with Gasteiger partial charge in [-0.15, -0.1) is 0 Å². The highest BCUT2D eigenvalue weighted by molar-refractivity contribution is 6.34. The van der Waals surface area contributed by atoms with E-state index in [0.29, 0.717) is 5.69 Å². The summed E-state index contributed by atoms with van der Waals surface area (Å²) in [6.07, 6.45) is 1.61. The average molecular weight is 263 g/mol. The number of pyridine rings is 2. The molecule has 0 saturated carbocycles. The highest BCUT2D eigenvalue weighted by Gasteiger charge is 2.12. The molecule has 3 N–H and O–H groups in total. The zero-order chi connectivity index (χ0) is 13.1. The summed E-state index contributed by atoms with van der Waals surface area (Å²) in [7, 11) is 0. The number of nitrogens with one attached hydrogen (secondary N) is 1. The van der Waals surface area contributed by atoms with E-state index in [1.54, 1.807) is 18.3 Å². The molecule has 0 bridgehead atoms. The SMILES string of the molecule is Cc1cc(NC(=O)c2nc(N)ccc2Cl)ccn1. The minimum absolute atomic E-state index is 0.103. The van der Waals surface area contributed by atoms with Gasteiger partial charge >= 0.3 is 0 Å². The second-order valence-electron chi connectivity index (χ2n) is 3.71. The fourth-order valence-electron chi connectivity index (χ4n) is 1.43. The number of nitrogen functional groups attached to an aromatic ring is 1. The molecule has 2 aromatic heterocycles. The molecule has 1 amide bonds. The van der Waals surface area contributed by atoms with Crippen LogP contribution in [0.5, 0.6) is 0 Å². The van der Waals surface area contributed by atoms with Gasteiger partial charge in [-0.05, 0) is 31.2 Å². The van der Waals surface area contributed by atoms with Crippen LogP contribution in [0.1, 0.15) is 16.2 Å². The lowest BCUT2D eigenvalue weighted by Crippen LogP contribution is -2.15. The van der Waals surface area contributed by atoms with E-state index in [0.717, 1.165) is 5.69 Å². The van der Waals surface area contributed by atoms with Crippen molar-refractivity contribution < 1.29 is 4.79 Å². The monoisotopic (exact) mass is 262 g/mol. The van der Waals surface area contributed by atoms with Gasteiger partial charge in [0.2, 0.25) is 0 Å². The van der Waals surface area contributed by atoms with Crippen LogP contribution in [-0.2, 0) is 0 Å². The maximum atomic E-state index is 12.0. The van der Waals surface area contributed by atoms with Gasteiger partial charge in [-0.3, -0.25) is 9.78 Å². The van der Waals surface area contributed by atoms with E-state index in [2.05, 4.69) is 15.3 Å². The molecule has 0 saturated heterocycles. The number of nitrogens with zero attached hydrogens (tertiary/aromatic N) is 2. The van der Waals surface area contributed by atoms with Gasteiger partial charge in [0.15, 0.2) is 0 Å². The summed E-state index contributed by atoms with van der Waals surface area (Å²) in [6, 6.07) is 6.51. The van der Waals surface area contributed by atoms with Gasteiger partial charge in [0.25, 0.3) is 5.91 Å². The Hall–Kier alpha value is -2.14. The lowest BCUT2D eigenvalue weighted by atomic mass is 10.3. The van der Waals surface area contributed by atoms with Crippen LogP contribution in [0.25, 0.3) is 0 Å². The maximum Gasteiger partial charge on any atom is 0.275 e. The lowest BCUT2D eigenvalue weighted by molar-refractivity contribution is 0.102. The molecule has 2 heterocycles. The van der Waals surface area contributed by atoms with E-state index in [1.807, 2.05) is 6.92 Å². The molecule has 18 heavy (non-hydrogen) atoms. The van der Waals surface area contributed by atoms with E-state index in [4.69, 9.17) is 17.3 Å². The van der Waals surface area contributed by atoms with Crippen LogP contribution in [-0.4, -0.2) is 15.9 Å². The summed E-state index contributed by atoms with van der Waals surface area (Å²) in [5, 5.41) is 2.94. The van der Waals surface area contributed by atoms with Crippen molar-refractivity contribution in [2.75, 3.05) is 11.1 Å². The van der Waals surface area contributed by atoms with Crippen molar-refractivity contribution in [3.05, 3.63) is 46.9 Å². The molecule has 0 atom stereocenters. The number of hydrogen-bond acceptors (Lipinski definition) is 4. The fourth-order valence-corrected chi connectivity index (χ4v) is 1.62. The minimum atomic E-state index is -0.405. The first-order chi connectivity index (χ1) is 8.56. The summed E-state index contributed by atoms with van der Waals surface area (Å²) < 4.78 is 0. The topological polar surface area (TPSA) is 80.9 Å². The summed E-state index contributed by atoms with van der Waals surface area (Å²) in [5.41, 5.74) is 7.06. The van der Waals surface area contributed by atoms with Gasteiger partial charge in [0.05, 0.1) is 5.02 Å². The number of halogens is 1. The Labute approximate surface area is 109 Å². The number of carbonyl (C=O) groups is 1. The first-order valence-corrected chi connectivity index (χ1v) is 5.60. The van der Waals surface area contributed by atoms with E-state index < -0.39 is 5.91 Å². The highest BCUT2D eigenvalue weighted by Crippen LogP contribution is 2.17. The summed E-state index contributed by atoms with van der Waals surface area (Å²) >= 11 is 5.90. The molecular formula is C12H11ClN4O. The number of aryl methyl sites for hydroxylation is 1. The first-order valence-electron chi connectivity index (χ1n) is 5.22. The summed E-state index contributed by atoms with van der Waals surface area (Å²) in [5.74, 6) is -0.159. The number of amides is 1. The van der Waals surface area contributed by atoms with Crippen LogP contribution in [0.4, 0.5) is 11.5 Å². The maximum absolute atomic E-state index is 12.0. The Balaban J connectivity index is 2.24. The molecule has 0 unspecified atom stereocenters. The third-order valence-electron chi connectivity index (χ3n) is 2.24. The van der Waals surface area contributed by atoms with Crippen molar-refractivity contribution in [1.29, 1.82) is 0 Å². The molecule has 0 aromatic carbocycles. The van der Waals surface area contributed by atoms with Gasteiger partial charge < -0.3 is 11.1 Å². The van der Waals surface area contributed by atoms with Crippen LogP contribution in [0.2, 0.25) is 5.02 Å². The van der Waals surface area contributed by atoms with Crippen LogP contribution < -0.4 is 11.1 Å². The van der Waals surface area contributed by atoms with Gasteiger partial charge in [-0.25, -0.2) is 4.98 Å². The van der Waals surface area contributed by atoms with Crippen molar-refractivity contribution in [1.82, 2.24) is 9.97 Å². The Kier molecular flexibility index (Phi) is 3.43. The summed E-state index contributed by atoms with van der Waals surface area (Å²) in [6.45, 7) is 1.83. The van der Waals surface area contributed by atoms with Crippen molar-refractivity contribution in [3.8, 4) is 0 Å². The Morgan fingerprint density at radius 3 is 2.89 bits per heavy atom. The normalized spacial score (nSPS) is 10.1. The van der Waals surface area contributed by atoms with E-state index in [1.165, 1.54) is 12.1 Å². The van der Waals surface area contributed by atoms with Crippen molar-refractivity contribution in [2.45, 2.75) is 6.92 Å². The van der Waals surface area contributed by atoms with E-state index in [-0.39, 0.29) is 16.5 Å². The highest BCUT2D eigenvalue weighted by atomic mass is 35.5. The standard InChI is InChI=1S/C12H11ClN4O/c1-7-6-8(4-5-15-7)16-12(18)11-9(13)2-3-10(14)17-11/h2-6H,1H3,(H2,14,17)(H,15,16,18). The number of hydrogen-bond donors (Lipinski definition) is 2. The molecule has 0 radical (unpaired) electrons. The number of nitrogens with two attached hydrogens (primary N) is 1. The zero-order valence-corrected chi connectivity index (χ0v) is 10.4. The average Bonchev–Trinajstić information content (AvgIpc) is 2.32. The van der Waals surface area contributed by atoms with Gasteiger partial charge in [0, 0.05) is 17.6 Å². The molecule has 92 valence electrons. The van der Waals surface area contributed by atoms with Gasteiger partial charge in [-0.1, -0.05) is 11.6 Å². The molecule has 0 spiro atoms. The van der Waals surface area contributed by atoms with Gasteiger partial charge in [-0.2, -0.15) is 0 Å². The van der Waals surface area contributed by atoms with Crippen molar-refractivity contribution >= 4 is 29.0 Å². The van der Waals surface area contributed by atoms with Crippen molar-refractivity contribution in [2.24, 2.45) is 0 Å². The Morgan fingerprint density at radius 2 is 2.17 bits per heavy atom. The molecular weight excluding hydrogens is 252 g/mol. The van der Waals surface area contributed by atoms with E-state index in [9.17, 15) is 4.79 Å². The molecule has 0 aliphatic heterocycles. The molecule has 0 fully saturated rings. The molecule has 6 heteroatoms. The number of anilines is 2. The first kappa shape index (κ1) is 12.3.